The van der Waals surface area contributed by atoms with Crippen LogP contribution in [0.3, 0.4) is 0 Å². The largest absolute Gasteiger partial charge is 0.463 e. The van der Waals surface area contributed by atoms with E-state index >= 15 is 0 Å². The first kappa shape index (κ1) is 20.6. The van der Waals surface area contributed by atoms with Gasteiger partial charge in [0, 0.05) is 24.5 Å². The van der Waals surface area contributed by atoms with Crippen molar-refractivity contribution >= 4 is 11.0 Å². The summed E-state index contributed by atoms with van der Waals surface area (Å²) in [6.07, 6.45) is 4.58. The SMILES string of the molecule is CN(C)CCCOc1ncc(-c2ccc3nc4n(c3c2)C(c2ccccc2)COC4)cn1. The molecule has 32 heavy (non-hydrogen) atoms. The monoisotopic (exact) mass is 429 g/mol. The van der Waals surface area contributed by atoms with Gasteiger partial charge in [-0.1, -0.05) is 36.4 Å². The minimum Gasteiger partial charge on any atom is -0.463 e. The topological polar surface area (TPSA) is 65.3 Å². The highest BCUT2D eigenvalue weighted by Gasteiger charge is 2.25. The highest BCUT2D eigenvalue weighted by molar-refractivity contribution is 5.82. The van der Waals surface area contributed by atoms with Crippen LogP contribution >= 0.6 is 0 Å². The third kappa shape index (κ3) is 4.22. The second-order valence-corrected chi connectivity index (χ2v) is 8.30. The third-order valence-corrected chi connectivity index (χ3v) is 5.71. The van der Waals surface area contributed by atoms with Crippen molar-refractivity contribution < 1.29 is 9.47 Å². The van der Waals surface area contributed by atoms with Crippen LogP contribution in [-0.4, -0.2) is 58.3 Å². The summed E-state index contributed by atoms with van der Waals surface area (Å²) in [5.74, 6) is 0.954. The van der Waals surface area contributed by atoms with Crippen molar-refractivity contribution in [2.45, 2.75) is 19.1 Å². The van der Waals surface area contributed by atoms with Gasteiger partial charge in [-0.3, -0.25) is 0 Å². The Hall–Kier alpha value is -3.29. The molecule has 0 bridgehead atoms. The summed E-state index contributed by atoms with van der Waals surface area (Å²) in [7, 11) is 4.10. The maximum Gasteiger partial charge on any atom is 0.316 e. The molecular formula is C25H27N5O2. The van der Waals surface area contributed by atoms with Crippen LogP contribution in [0.1, 0.15) is 23.9 Å². The minimum absolute atomic E-state index is 0.106. The maximum atomic E-state index is 5.85. The van der Waals surface area contributed by atoms with Crippen molar-refractivity contribution in [2.75, 3.05) is 33.9 Å². The lowest BCUT2D eigenvalue weighted by molar-refractivity contribution is 0.0679. The number of rotatable bonds is 7. The predicted octanol–water partition coefficient (Wildman–Crippen LogP) is 3.94. The second kappa shape index (κ2) is 9.06. The van der Waals surface area contributed by atoms with Gasteiger partial charge in [0.05, 0.1) is 30.3 Å². The van der Waals surface area contributed by atoms with Crippen molar-refractivity contribution in [3.8, 4) is 17.1 Å². The molecule has 4 aromatic rings. The molecule has 1 unspecified atom stereocenters. The van der Waals surface area contributed by atoms with E-state index in [-0.39, 0.29) is 6.04 Å². The zero-order chi connectivity index (χ0) is 21.9. The molecular weight excluding hydrogens is 402 g/mol. The molecule has 5 rings (SSSR count). The summed E-state index contributed by atoms with van der Waals surface area (Å²) in [6.45, 7) is 2.74. The fourth-order valence-corrected chi connectivity index (χ4v) is 4.11. The van der Waals surface area contributed by atoms with Gasteiger partial charge in [-0.15, -0.1) is 0 Å². The molecule has 0 radical (unpaired) electrons. The Morgan fingerprint density at radius 2 is 1.88 bits per heavy atom. The molecule has 1 aliphatic heterocycles. The van der Waals surface area contributed by atoms with Gasteiger partial charge in [0.2, 0.25) is 0 Å². The first-order chi connectivity index (χ1) is 15.7. The van der Waals surface area contributed by atoms with E-state index in [2.05, 4.69) is 76.0 Å². The van der Waals surface area contributed by atoms with E-state index in [4.69, 9.17) is 14.5 Å². The molecule has 7 nitrogen and oxygen atoms in total. The van der Waals surface area contributed by atoms with Gasteiger partial charge >= 0.3 is 6.01 Å². The molecule has 0 fully saturated rings. The molecule has 2 aromatic carbocycles. The number of benzene rings is 2. The Balaban J connectivity index is 1.42. The van der Waals surface area contributed by atoms with Crippen LogP contribution in [0.4, 0.5) is 0 Å². The minimum atomic E-state index is 0.106. The van der Waals surface area contributed by atoms with Crippen molar-refractivity contribution in [3.05, 3.63) is 72.3 Å². The Morgan fingerprint density at radius 1 is 1.06 bits per heavy atom. The van der Waals surface area contributed by atoms with Gasteiger partial charge in [0.1, 0.15) is 12.4 Å². The van der Waals surface area contributed by atoms with E-state index in [0.717, 1.165) is 41.0 Å². The Kier molecular flexibility index (Phi) is 5.83. The van der Waals surface area contributed by atoms with E-state index in [1.54, 1.807) is 0 Å². The summed E-state index contributed by atoms with van der Waals surface area (Å²) in [6, 6.07) is 17.3. The zero-order valence-electron chi connectivity index (χ0n) is 18.4. The first-order valence-electron chi connectivity index (χ1n) is 10.9. The Morgan fingerprint density at radius 3 is 2.66 bits per heavy atom. The van der Waals surface area contributed by atoms with E-state index in [9.17, 15) is 0 Å². The zero-order valence-corrected chi connectivity index (χ0v) is 18.4. The average molecular weight is 430 g/mol. The average Bonchev–Trinajstić information content (AvgIpc) is 3.21. The van der Waals surface area contributed by atoms with Crippen LogP contribution in [0.15, 0.2) is 60.9 Å². The van der Waals surface area contributed by atoms with Crippen LogP contribution in [0.2, 0.25) is 0 Å². The van der Waals surface area contributed by atoms with E-state index < -0.39 is 0 Å². The summed E-state index contributed by atoms with van der Waals surface area (Å²) >= 11 is 0. The normalized spacial score (nSPS) is 15.8. The highest BCUT2D eigenvalue weighted by Crippen LogP contribution is 2.32. The maximum absolute atomic E-state index is 5.85. The summed E-state index contributed by atoms with van der Waals surface area (Å²) in [5.41, 5.74) is 5.29. The number of imidazole rings is 1. The number of hydrogen-bond donors (Lipinski definition) is 0. The molecule has 1 aliphatic rings. The number of aromatic nitrogens is 4. The quantitative estimate of drug-likeness (QED) is 0.415. The molecule has 0 amide bonds. The summed E-state index contributed by atoms with van der Waals surface area (Å²) < 4.78 is 13.8. The smallest absolute Gasteiger partial charge is 0.316 e. The number of nitrogens with zero attached hydrogens (tertiary/aromatic N) is 5. The predicted molar refractivity (Wildman–Crippen MR) is 124 cm³/mol. The molecule has 0 saturated heterocycles. The van der Waals surface area contributed by atoms with Crippen molar-refractivity contribution in [2.24, 2.45) is 0 Å². The van der Waals surface area contributed by atoms with Crippen LogP contribution < -0.4 is 4.74 Å². The molecule has 1 atom stereocenters. The van der Waals surface area contributed by atoms with Crippen LogP contribution in [0.25, 0.3) is 22.2 Å². The second-order valence-electron chi connectivity index (χ2n) is 8.30. The molecule has 0 spiro atoms. The van der Waals surface area contributed by atoms with E-state index in [0.29, 0.717) is 25.8 Å². The Labute approximate surface area is 187 Å². The molecule has 2 aromatic heterocycles. The molecule has 164 valence electrons. The van der Waals surface area contributed by atoms with Gasteiger partial charge in [-0.05, 0) is 43.8 Å². The third-order valence-electron chi connectivity index (χ3n) is 5.71. The number of fused-ring (bicyclic) bond motifs is 3. The van der Waals surface area contributed by atoms with Gasteiger partial charge < -0.3 is 18.9 Å². The number of hydrogen-bond acceptors (Lipinski definition) is 6. The fraction of sp³-hybridized carbons (Fsp3) is 0.320. The van der Waals surface area contributed by atoms with Gasteiger partial charge in [-0.25, -0.2) is 15.0 Å². The lowest BCUT2D eigenvalue weighted by atomic mass is 10.1. The molecule has 3 heterocycles. The summed E-state index contributed by atoms with van der Waals surface area (Å²) in [5, 5.41) is 0. The van der Waals surface area contributed by atoms with Crippen molar-refractivity contribution in [1.82, 2.24) is 24.4 Å². The standard InChI is InChI=1S/C25H27N5O2/c1-29(2)11-6-12-32-25-26-14-20(15-27-25)19-9-10-21-22(13-19)30-23(16-31-17-24(30)28-21)18-7-4-3-5-8-18/h3-5,7-10,13-15,23H,6,11-12,16-17H2,1-2H3. The molecule has 0 saturated carbocycles. The van der Waals surface area contributed by atoms with E-state index in [1.807, 2.05) is 18.5 Å². The highest BCUT2D eigenvalue weighted by atomic mass is 16.5. The lowest BCUT2D eigenvalue weighted by Crippen LogP contribution is -2.24. The van der Waals surface area contributed by atoms with Gasteiger partial charge in [-0.2, -0.15) is 0 Å². The van der Waals surface area contributed by atoms with Crippen LogP contribution in [0.5, 0.6) is 6.01 Å². The number of ether oxygens (including phenoxy) is 2. The molecule has 0 N–H and O–H groups in total. The van der Waals surface area contributed by atoms with Gasteiger partial charge in [0.25, 0.3) is 0 Å². The van der Waals surface area contributed by atoms with E-state index in [1.165, 1.54) is 5.56 Å². The molecule has 0 aliphatic carbocycles. The molecule has 7 heteroatoms. The van der Waals surface area contributed by atoms with Crippen LogP contribution in [-0.2, 0) is 11.3 Å². The van der Waals surface area contributed by atoms with Crippen LogP contribution in [0, 0.1) is 0 Å². The van der Waals surface area contributed by atoms with Crippen molar-refractivity contribution in [1.29, 1.82) is 0 Å². The Bertz CT molecular complexity index is 1190. The first-order valence-corrected chi connectivity index (χ1v) is 10.9. The van der Waals surface area contributed by atoms with Gasteiger partial charge in [0.15, 0.2) is 0 Å². The lowest BCUT2D eigenvalue weighted by Gasteiger charge is -2.26. The van der Waals surface area contributed by atoms with Crippen molar-refractivity contribution in [3.63, 3.8) is 0 Å². The summed E-state index contributed by atoms with van der Waals surface area (Å²) in [4.78, 5) is 15.7. The fourth-order valence-electron chi connectivity index (χ4n) is 4.11.